The van der Waals surface area contributed by atoms with Gasteiger partial charge in [-0.3, -0.25) is 18.6 Å². The maximum absolute atomic E-state index is 12.2. The number of esters is 2. The van der Waals surface area contributed by atoms with E-state index in [1.807, 2.05) is 0 Å². The highest BCUT2D eigenvalue weighted by Crippen LogP contribution is 2.43. The number of unbranched alkanes of at least 4 members (excludes halogenated alkanes) is 6. The van der Waals surface area contributed by atoms with E-state index in [2.05, 4.69) is 60.1 Å². The summed E-state index contributed by atoms with van der Waals surface area (Å²) in [6, 6.07) is 0. The van der Waals surface area contributed by atoms with Crippen molar-refractivity contribution in [2.75, 3.05) is 26.4 Å². The molecule has 0 aliphatic carbocycles. The Balaban J connectivity index is 3.91. The number of phosphoric ester groups is 1. The van der Waals surface area contributed by atoms with Crippen molar-refractivity contribution in [2.24, 2.45) is 5.73 Å². The van der Waals surface area contributed by atoms with Crippen LogP contribution in [0.5, 0.6) is 0 Å². The molecule has 0 amide bonds. The van der Waals surface area contributed by atoms with Crippen LogP contribution < -0.4 is 5.73 Å². The average molecular weight is 572 g/mol. The first-order valence-corrected chi connectivity index (χ1v) is 15.5. The second-order valence-corrected chi connectivity index (χ2v) is 10.4. The summed E-state index contributed by atoms with van der Waals surface area (Å²) in [5.41, 5.74) is 5.23. The van der Waals surface area contributed by atoms with Crippen molar-refractivity contribution in [3.05, 3.63) is 48.6 Å². The molecule has 0 aliphatic rings. The molecule has 10 heteroatoms. The van der Waals surface area contributed by atoms with Gasteiger partial charge in [-0.25, -0.2) is 4.57 Å². The van der Waals surface area contributed by atoms with Crippen molar-refractivity contribution < 1.29 is 37.6 Å². The molecule has 0 bridgehead atoms. The van der Waals surface area contributed by atoms with Crippen LogP contribution in [0.4, 0.5) is 0 Å². The van der Waals surface area contributed by atoms with Gasteiger partial charge in [0.15, 0.2) is 6.10 Å². The first kappa shape index (κ1) is 37.0. The first-order chi connectivity index (χ1) is 18.8. The zero-order valence-electron chi connectivity index (χ0n) is 23.8. The number of hydrogen-bond donors (Lipinski definition) is 2. The van der Waals surface area contributed by atoms with Gasteiger partial charge in [0.2, 0.25) is 0 Å². The summed E-state index contributed by atoms with van der Waals surface area (Å²) in [7, 11) is -4.33. The standard InChI is InChI=1S/C29H50NO8P/c1-3-4-5-6-7-8-9-10-11-12-13-14-15-16-17-18-19-20-21-22-29(32)38-28(25-35-27(2)31)26-37-39(33,34)36-24-23-30/h4-5,7-8,10-11,13-14,28H,3,6,9,12,15-26,30H2,1-2H3,(H,33,34)/b5-4-,8-7-,11-10-,14-13-. The van der Waals surface area contributed by atoms with Gasteiger partial charge >= 0.3 is 19.8 Å². The lowest BCUT2D eigenvalue weighted by Crippen LogP contribution is -2.29. The predicted octanol–water partition coefficient (Wildman–Crippen LogP) is 6.48. The Morgan fingerprint density at radius 3 is 1.97 bits per heavy atom. The van der Waals surface area contributed by atoms with Crippen LogP contribution >= 0.6 is 7.82 Å². The molecule has 0 aromatic rings. The van der Waals surface area contributed by atoms with Crippen molar-refractivity contribution in [3.8, 4) is 0 Å². The number of rotatable bonds is 25. The summed E-state index contributed by atoms with van der Waals surface area (Å²) >= 11 is 0. The molecule has 0 spiro atoms. The van der Waals surface area contributed by atoms with Gasteiger partial charge in [0.05, 0.1) is 13.2 Å². The highest BCUT2D eigenvalue weighted by molar-refractivity contribution is 7.47. The maximum Gasteiger partial charge on any atom is 0.472 e. The third-order valence-corrected chi connectivity index (χ3v) is 6.27. The van der Waals surface area contributed by atoms with E-state index < -0.39 is 32.5 Å². The Labute approximate surface area is 235 Å². The zero-order valence-corrected chi connectivity index (χ0v) is 24.7. The molecular weight excluding hydrogens is 521 g/mol. The number of phosphoric acid groups is 1. The molecule has 9 nitrogen and oxygen atoms in total. The van der Waals surface area contributed by atoms with E-state index in [1.54, 1.807) is 0 Å². The van der Waals surface area contributed by atoms with E-state index in [0.717, 1.165) is 64.2 Å². The molecule has 2 atom stereocenters. The summed E-state index contributed by atoms with van der Waals surface area (Å²) in [5.74, 6) is -1.05. The van der Waals surface area contributed by atoms with Crippen LogP contribution in [0, 0.1) is 0 Å². The summed E-state index contributed by atoms with van der Waals surface area (Å²) in [6.07, 6.45) is 27.9. The third kappa shape index (κ3) is 27.3. The lowest BCUT2D eigenvalue weighted by Gasteiger charge is -2.19. The van der Waals surface area contributed by atoms with E-state index >= 15 is 0 Å². The van der Waals surface area contributed by atoms with Crippen LogP contribution in [0.3, 0.4) is 0 Å². The normalized spacial score (nSPS) is 14.5. The Bertz CT molecular complexity index is 794. The van der Waals surface area contributed by atoms with E-state index in [1.165, 1.54) is 6.92 Å². The molecule has 0 saturated carbocycles. The number of hydrogen-bond acceptors (Lipinski definition) is 8. The van der Waals surface area contributed by atoms with Gasteiger partial charge in [-0.15, -0.1) is 0 Å². The molecule has 3 N–H and O–H groups in total. The second kappa shape index (κ2) is 26.2. The fourth-order valence-electron chi connectivity index (χ4n) is 3.29. The molecule has 0 fully saturated rings. The third-order valence-electron chi connectivity index (χ3n) is 5.29. The van der Waals surface area contributed by atoms with Gasteiger partial charge in [-0.05, 0) is 44.9 Å². The Morgan fingerprint density at radius 2 is 1.38 bits per heavy atom. The maximum atomic E-state index is 12.2. The van der Waals surface area contributed by atoms with Crippen molar-refractivity contribution in [1.29, 1.82) is 0 Å². The first-order valence-electron chi connectivity index (χ1n) is 14.1. The van der Waals surface area contributed by atoms with Crippen LogP contribution in [0.15, 0.2) is 48.6 Å². The van der Waals surface area contributed by atoms with Crippen LogP contribution in [-0.2, 0) is 32.7 Å². The Morgan fingerprint density at radius 1 is 0.821 bits per heavy atom. The van der Waals surface area contributed by atoms with Gasteiger partial charge in [-0.1, -0.05) is 81.2 Å². The molecule has 0 aromatic carbocycles. The minimum absolute atomic E-state index is 0.0467. The second-order valence-electron chi connectivity index (χ2n) is 8.96. The summed E-state index contributed by atoms with van der Waals surface area (Å²) < 4.78 is 31.3. The topological polar surface area (TPSA) is 134 Å². The molecule has 0 aliphatic heterocycles. The minimum Gasteiger partial charge on any atom is -0.462 e. The van der Waals surface area contributed by atoms with Gasteiger partial charge in [0.1, 0.15) is 6.61 Å². The minimum atomic E-state index is -4.33. The fraction of sp³-hybridized carbons (Fsp3) is 0.655. The van der Waals surface area contributed by atoms with E-state index in [9.17, 15) is 19.0 Å². The molecule has 0 heterocycles. The van der Waals surface area contributed by atoms with E-state index in [0.29, 0.717) is 6.42 Å². The smallest absolute Gasteiger partial charge is 0.462 e. The average Bonchev–Trinajstić information content (AvgIpc) is 2.90. The van der Waals surface area contributed by atoms with Crippen LogP contribution in [-0.4, -0.2) is 49.3 Å². The van der Waals surface area contributed by atoms with Crippen LogP contribution in [0.1, 0.15) is 90.9 Å². The molecule has 0 saturated heterocycles. The van der Waals surface area contributed by atoms with Gasteiger partial charge < -0.3 is 20.1 Å². The van der Waals surface area contributed by atoms with Crippen LogP contribution in [0.25, 0.3) is 0 Å². The number of carbonyl (C=O) groups is 2. The quantitative estimate of drug-likeness (QED) is 0.0546. The SMILES string of the molecule is CC/C=C\C/C=C\C/C=C\C/C=C\CCCCCCCCC(=O)OC(COC(C)=O)COP(=O)(O)OCCN. The molecule has 2 unspecified atom stereocenters. The number of allylic oxidation sites excluding steroid dienone is 8. The summed E-state index contributed by atoms with van der Waals surface area (Å²) in [5, 5.41) is 0. The Kier molecular flexibility index (Phi) is 24.8. The summed E-state index contributed by atoms with van der Waals surface area (Å²) in [4.78, 5) is 32.8. The zero-order chi connectivity index (χ0) is 29.0. The highest BCUT2D eigenvalue weighted by atomic mass is 31.2. The van der Waals surface area contributed by atoms with Crippen molar-refractivity contribution >= 4 is 19.8 Å². The van der Waals surface area contributed by atoms with Gasteiger partial charge in [0.25, 0.3) is 0 Å². The number of ether oxygens (including phenoxy) is 2. The summed E-state index contributed by atoms with van der Waals surface area (Å²) in [6.45, 7) is 2.51. The van der Waals surface area contributed by atoms with Crippen molar-refractivity contribution in [1.82, 2.24) is 0 Å². The molecule has 0 rings (SSSR count). The van der Waals surface area contributed by atoms with E-state index in [4.69, 9.17) is 19.7 Å². The van der Waals surface area contributed by atoms with Crippen molar-refractivity contribution in [2.45, 2.75) is 97.0 Å². The lowest BCUT2D eigenvalue weighted by molar-refractivity contribution is -0.160. The lowest BCUT2D eigenvalue weighted by atomic mass is 10.1. The highest BCUT2D eigenvalue weighted by Gasteiger charge is 2.25. The van der Waals surface area contributed by atoms with Gasteiger partial charge in [-0.2, -0.15) is 0 Å². The fourth-order valence-corrected chi connectivity index (χ4v) is 4.06. The predicted molar refractivity (Wildman–Crippen MR) is 155 cm³/mol. The molecular formula is C29H50NO8P. The van der Waals surface area contributed by atoms with E-state index in [-0.39, 0.29) is 26.2 Å². The molecule has 39 heavy (non-hydrogen) atoms. The van der Waals surface area contributed by atoms with Crippen LogP contribution in [0.2, 0.25) is 0 Å². The monoisotopic (exact) mass is 571 g/mol. The molecule has 224 valence electrons. The molecule has 0 aromatic heterocycles. The Hall–Kier alpha value is -2.03. The van der Waals surface area contributed by atoms with Gasteiger partial charge in [0, 0.05) is 19.9 Å². The largest absolute Gasteiger partial charge is 0.472 e. The van der Waals surface area contributed by atoms with Crippen molar-refractivity contribution in [3.63, 3.8) is 0 Å². The molecule has 0 radical (unpaired) electrons. The number of carbonyl (C=O) groups excluding carboxylic acids is 2. The number of nitrogens with two attached hydrogens (primary N) is 1.